The number of hydrogen-bond acceptors (Lipinski definition) is 4. The van der Waals surface area contributed by atoms with Crippen molar-refractivity contribution in [1.29, 1.82) is 0 Å². The first-order valence-electron chi connectivity index (χ1n) is 10.6. The molecular formula is C24H29IN4O2. The average Bonchev–Trinajstić information content (AvgIpc) is 3.36. The zero-order valence-corrected chi connectivity index (χ0v) is 20.6. The summed E-state index contributed by atoms with van der Waals surface area (Å²) in [5.74, 6) is 0.899. The monoisotopic (exact) mass is 532 g/mol. The number of alkyl halides is 1. The zero-order valence-electron chi connectivity index (χ0n) is 18.5. The van der Waals surface area contributed by atoms with Crippen molar-refractivity contribution in [3.05, 3.63) is 59.9 Å². The minimum Gasteiger partial charge on any atom is -0.497 e. The Morgan fingerprint density at radius 2 is 2.00 bits per heavy atom. The number of rotatable bonds is 6. The summed E-state index contributed by atoms with van der Waals surface area (Å²) in [5.41, 5.74) is 3.83. The van der Waals surface area contributed by atoms with Crippen LogP contribution in [0.1, 0.15) is 36.2 Å². The van der Waals surface area contributed by atoms with Crippen molar-refractivity contribution >= 4 is 39.5 Å². The Hall–Kier alpha value is -2.13. The molecule has 31 heavy (non-hydrogen) atoms. The van der Waals surface area contributed by atoms with Crippen molar-refractivity contribution < 1.29 is 9.53 Å². The second-order valence-electron chi connectivity index (χ2n) is 8.40. The van der Waals surface area contributed by atoms with E-state index in [0.29, 0.717) is 16.6 Å². The smallest absolute Gasteiger partial charge is 0.253 e. The summed E-state index contributed by atoms with van der Waals surface area (Å²) in [7, 11) is 3.60. The van der Waals surface area contributed by atoms with E-state index in [1.54, 1.807) is 7.11 Å². The summed E-state index contributed by atoms with van der Waals surface area (Å²) >= 11 is 2.48. The van der Waals surface area contributed by atoms with Gasteiger partial charge in [-0.1, -0.05) is 34.7 Å². The number of nitrogens with zero attached hydrogens (tertiary/aromatic N) is 4. The highest BCUT2D eigenvalue weighted by Gasteiger charge is 2.37. The number of imidazole rings is 1. The first kappa shape index (κ1) is 22.1. The Morgan fingerprint density at radius 1 is 1.26 bits per heavy atom. The van der Waals surface area contributed by atoms with E-state index in [2.05, 4.69) is 50.9 Å². The molecule has 1 aliphatic rings. The standard InChI is InChI=1S/C24H29IN4O2/c1-16(2)29-12-11-21(23(29)25)27(3)24(30)18-7-5-17(6-8-18)14-28-15-26-20-10-9-19(31-4)13-22(20)28/h5-10,13,15-16,21,23H,11-12,14H2,1-4H3. The summed E-state index contributed by atoms with van der Waals surface area (Å²) in [4.78, 5) is 22.0. The molecule has 164 valence electrons. The molecule has 1 fully saturated rings. The number of amides is 1. The van der Waals surface area contributed by atoms with Crippen LogP contribution in [0.15, 0.2) is 48.8 Å². The Labute approximate surface area is 197 Å². The Morgan fingerprint density at radius 3 is 2.65 bits per heavy atom. The highest BCUT2D eigenvalue weighted by Crippen LogP contribution is 2.30. The molecule has 1 aliphatic heterocycles. The number of carbonyl (C=O) groups is 1. The summed E-state index contributed by atoms with van der Waals surface area (Å²) in [6.45, 7) is 6.16. The van der Waals surface area contributed by atoms with Gasteiger partial charge in [0.2, 0.25) is 0 Å². The molecule has 1 saturated heterocycles. The number of benzene rings is 2. The number of likely N-dealkylation sites (N-methyl/N-ethyl adjacent to an activating group) is 1. The summed E-state index contributed by atoms with van der Waals surface area (Å²) < 4.78 is 7.79. The van der Waals surface area contributed by atoms with Crippen LogP contribution in [0.5, 0.6) is 5.75 Å². The molecule has 4 rings (SSSR count). The zero-order chi connectivity index (χ0) is 22.1. The molecule has 2 unspecified atom stereocenters. The third-order valence-corrected chi connectivity index (χ3v) is 7.73. The van der Waals surface area contributed by atoms with E-state index < -0.39 is 0 Å². The van der Waals surface area contributed by atoms with Gasteiger partial charge in [-0.2, -0.15) is 0 Å². The maximum atomic E-state index is 13.1. The van der Waals surface area contributed by atoms with Crippen LogP contribution < -0.4 is 4.74 Å². The maximum absolute atomic E-state index is 13.1. The van der Waals surface area contributed by atoms with Gasteiger partial charge in [0.25, 0.3) is 5.91 Å². The van der Waals surface area contributed by atoms with Crippen LogP contribution in [0.4, 0.5) is 0 Å². The first-order valence-corrected chi connectivity index (χ1v) is 11.9. The van der Waals surface area contributed by atoms with Crippen molar-refractivity contribution in [1.82, 2.24) is 19.4 Å². The first-order chi connectivity index (χ1) is 14.9. The van der Waals surface area contributed by atoms with Crippen LogP contribution in [0.25, 0.3) is 11.0 Å². The maximum Gasteiger partial charge on any atom is 0.253 e. The normalized spacial score (nSPS) is 19.3. The van der Waals surface area contributed by atoms with Crippen molar-refractivity contribution in [2.75, 3.05) is 20.7 Å². The molecule has 2 aromatic carbocycles. The second-order valence-corrected chi connectivity index (χ2v) is 9.68. The number of methoxy groups -OCH3 is 1. The van der Waals surface area contributed by atoms with E-state index in [1.165, 1.54) is 0 Å². The molecule has 3 aromatic rings. The number of likely N-dealkylation sites (tertiary alicyclic amines) is 1. The molecule has 7 heteroatoms. The third kappa shape index (κ3) is 4.43. The fraction of sp³-hybridized carbons (Fsp3) is 0.417. The van der Waals surface area contributed by atoms with Gasteiger partial charge in [-0.3, -0.25) is 9.69 Å². The summed E-state index contributed by atoms with van der Waals surface area (Å²) in [6.07, 6.45) is 2.86. The number of ether oxygens (including phenoxy) is 1. The van der Waals surface area contributed by atoms with E-state index in [9.17, 15) is 4.79 Å². The van der Waals surface area contributed by atoms with Crippen LogP contribution in [0, 0.1) is 0 Å². The SMILES string of the molecule is COc1ccc2ncn(Cc3ccc(C(=O)N(C)C4CCN(C(C)C)C4I)cc3)c2c1. The summed E-state index contributed by atoms with van der Waals surface area (Å²) in [6, 6.07) is 14.5. The number of fused-ring (bicyclic) bond motifs is 1. The quantitative estimate of drug-likeness (QED) is 0.268. The molecule has 0 N–H and O–H groups in total. The van der Waals surface area contributed by atoms with Gasteiger partial charge in [0.15, 0.2) is 0 Å². The molecule has 0 aliphatic carbocycles. The van der Waals surface area contributed by atoms with Gasteiger partial charge in [-0.05, 0) is 50.1 Å². The van der Waals surface area contributed by atoms with Gasteiger partial charge in [0.05, 0.1) is 34.6 Å². The van der Waals surface area contributed by atoms with Crippen LogP contribution in [-0.2, 0) is 6.54 Å². The van der Waals surface area contributed by atoms with Gasteiger partial charge < -0.3 is 14.2 Å². The van der Waals surface area contributed by atoms with Gasteiger partial charge in [-0.25, -0.2) is 4.98 Å². The van der Waals surface area contributed by atoms with E-state index in [1.807, 2.05) is 60.7 Å². The largest absolute Gasteiger partial charge is 0.497 e. The van der Waals surface area contributed by atoms with E-state index in [-0.39, 0.29) is 11.9 Å². The van der Waals surface area contributed by atoms with Crippen LogP contribution in [0.3, 0.4) is 0 Å². The van der Waals surface area contributed by atoms with Gasteiger partial charge in [0.1, 0.15) is 5.75 Å². The fourth-order valence-electron chi connectivity index (χ4n) is 4.28. The molecule has 2 atom stereocenters. The van der Waals surface area contributed by atoms with Crippen molar-refractivity contribution in [2.45, 2.75) is 42.9 Å². The Balaban J connectivity index is 1.46. The minimum absolute atomic E-state index is 0.0849. The van der Waals surface area contributed by atoms with Crippen LogP contribution >= 0.6 is 22.6 Å². The lowest BCUT2D eigenvalue weighted by Crippen LogP contribution is -2.44. The van der Waals surface area contributed by atoms with Gasteiger partial charge in [0, 0.05) is 37.8 Å². The van der Waals surface area contributed by atoms with Crippen LogP contribution in [-0.4, -0.2) is 62.1 Å². The van der Waals surface area contributed by atoms with E-state index in [0.717, 1.165) is 40.9 Å². The number of aromatic nitrogens is 2. The Kier molecular flexibility index (Phi) is 6.52. The van der Waals surface area contributed by atoms with Crippen LogP contribution in [0.2, 0.25) is 0 Å². The Bertz CT molecular complexity index is 1060. The van der Waals surface area contributed by atoms with Gasteiger partial charge in [-0.15, -0.1) is 0 Å². The second kappa shape index (κ2) is 9.16. The topological polar surface area (TPSA) is 50.6 Å². The van der Waals surface area contributed by atoms with Crippen molar-refractivity contribution in [2.24, 2.45) is 0 Å². The average molecular weight is 532 g/mol. The van der Waals surface area contributed by atoms with E-state index in [4.69, 9.17) is 4.74 Å². The van der Waals surface area contributed by atoms with Gasteiger partial charge >= 0.3 is 0 Å². The molecule has 0 saturated carbocycles. The lowest BCUT2D eigenvalue weighted by Gasteiger charge is -2.31. The number of carbonyl (C=O) groups excluding carboxylic acids is 1. The predicted molar refractivity (Wildman–Crippen MR) is 132 cm³/mol. The van der Waals surface area contributed by atoms with Crippen molar-refractivity contribution in [3.63, 3.8) is 0 Å². The molecule has 1 amide bonds. The van der Waals surface area contributed by atoms with E-state index >= 15 is 0 Å². The highest BCUT2D eigenvalue weighted by molar-refractivity contribution is 14.1. The molecule has 1 aromatic heterocycles. The number of hydrogen-bond donors (Lipinski definition) is 0. The predicted octanol–water partition coefficient (Wildman–Crippen LogP) is 4.41. The highest BCUT2D eigenvalue weighted by atomic mass is 127. The molecule has 2 heterocycles. The molecular weight excluding hydrogens is 503 g/mol. The lowest BCUT2D eigenvalue weighted by molar-refractivity contribution is 0.0726. The summed E-state index contributed by atoms with van der Waals surface area (Å²) in [5, 5.41) is 0. The third-order valence-electron chi connectivity index (χ3n) is 6.18. The number of halogens is 1. The minimum atomic E-state index is 0.0849. The molecule has 0 radical (unpaired) electrons. The molecule has 0 bridgehead atoms. The molecule has 6 nitrogen and oxygen atoms in total. The molecule has 0 spiro atoms. The van der Waals surface area contributed by atoms with Crippen molar-refractivity contribution in [3.8, 4) is 5.75 Å². The lowest BCUT2D eigenvalue weighted by atomic mass is 10.1. The fourth-order valence-corrected chi connectivity index (χ4v) is 6.04.